The maximum absolute atomic E-state index is 13.2. The van der Waals surface area contributed by atoms with Gasteiger partial charge in [0.15, 0.2) is 0 Å². The van der Waals surface area contributed by atoms with Gasteiger partial charge in [-0.25, -0.2) is 9.31 Å². The number of aromatic nitrogens is 3. The zero-order valence-corrected chi connectivity index (χ0v) is 20.2. The number of methoxy groups -OCH3 is 1. The van der Waals surface area contributed by atoms with Crippen LogP contribution in [0, 0.1) is 11.3 Å². The third-order valence-corrected chi connectivity index (χ3v) is 7.55. The lowest BCUT2D eigenvalue weighted by Crippen LogP contribution is -2.54. The minimum atomic E-state index is -0.819. The fourth-order valence-corrected chi connectivity index (χ4v) is 5.28. The molecule has 0 aromatic carbocycles. The highest BCUT2D eigenvalue weighted by Crippen LogP contribution is 2.48. The lowest BCUT2D eigenvalue weighted by molar-refractivity contribution is -0.142. The van der Waals surface area contributed by atoms with Gasteiger partial charge in [0.05, 0.1) is 52.6 Å². The molecule has 3 fully saturated rings. The lowest BCUT2D eigenvalue weighted by Gasteiger charge is -2.51. The van der Waals surface area contributed by atoms with Gasteiger partial charge in [-0.05, 0) is 69.7 Å². The van der Waals surface area contributed by atoms with E-state index >= 15 is 0 Å². The van der Waals surface area contributed by atoms with Gasteiger partial charge in [0.25, 0.3) is 5.91 Å². The summed E-state index contributed by atoms with van der Waals surface area (Å²) in [7, 11) is 1.27. The number of hydrogen-bond acceptors (Lipinski definition) is 8. The van der Waals surface area contributed by atoms with Crippen LogP contribution >= 0.6 is 0 Å². The molecule has 3 saturated carbocycles. The van der Waals surface area contributed by atoms with Gasteiger partial charge in [-0.2, -0.15) is 10.4 Å². The number of hydrogen-bond donors (Lipinski definition) is 3. The molecular formula is C26H28N6O4. The van der Waals surface area contributed by atoms with Crippen molar-refractivity contribution in [2.24, 2.45) is 0 Å². The molecule has 6 rings (SSSR count). The van der Waals surface area contributed by atoms with Crippen molar-refractivity contribution in [1.29, 1.82) is 5.26 Å². The van der Waals surface area contributed by atoms with E-state index in [9.17, 15) is 20.0 Å². The summed E-state index contributed by atoms with van der Waals surface area (Å²) < 4.78 is 6.44. The second-order valence-electron chi connectivity index (χ2n) is 9.87. The molecule has 3 aliphatic rings. The number of ether oxygens (including phenoxy) is 1. The monoisotopic (exact) mass is 488 g/mol. The second kappa shape index (κ2) is 8.91. The normalized spacial score (nSPS) is 23.6. The van der Waals surface area contributed by atoms with E-state index in [4.69, 9.17) is 4.74 Å². The van der Waals surface area contributed by atoms with Crippen LogP contribution in [-0.4, -0.2) is 55.9 Å². The number of carbonyl (C=O) groups excluding carboxylic acids is 2. The van der Waals surface area contributed by atoms with Crippen LogP contribution in [0.1, 0.15) is 61.4 Å². The topological polar surface area (TPSA) is 142 Å². The summed E-state index contributed by atoms with van der Waals surface area (Å²) in [5.74, 6) is -0.979. The number of anilines is 1. The average Bonchev–Trinajstić information content (AvgIpc) is 3.32. The predicted octanol–water partition coefficient (Wildman–Crippen LogP) is 2.81. The number of pyridine rings is 1. The van der Waals surface area contributed by atoms with E-state index in [0.29, 0.717) is 47.5 Å². The number of fused-ring (bicyclic) bond motifs is 4. The number of nitrogens with zero attached hydrogens (tertiary/aromatic N) is 4. The van der Waals surface area contributed by atoms with Crippen molar-refractivity contribution in [2.45, 2.75) is 62.6 Å². The summed E-state index contributed by atoms with van der Waals surface area (Å²) in [6.45, 7) is 1.56. The largest absolute Gasteiger partial charge is 0.467 e. The lowest BCUT2D eigenvalue weighted by atomic mass is 9.63. The Bertz CT molecular complexity index is 1370. The maximum atomic E-state index is 13.2. The number of amides is 1. The van der Waals surface area contributed by atoms with E-state index in [-0.39, 0.29) is 5.54 Å². The third-order valence-electron chi connectivity index (χ3n) is 7.55. The molecule has 3 aliphatic carbocycles. The Morgan fingerprint density at radius 1 is 1.17 bits per heavy atom. The third kappa shape index (κ3) is 4.27. The van der Waals surface area contributed by atoms with Crippen LogP contribution in [0.5, 0.6) is 0 Å². The molecule has 3 aromatic rings. The molecule has 186 valence electrons. The van der Waals surface area contributed by atoms with Gasteiger partial charge in [0.1, 0.15) is 12.1 Å². The molecule has 0 spiro atoms. The fourth-order valence-electron chi connectivity index (χ4n) is 5.28. The van der Waals surface area contributed by atoms with E-state index in [0.717, 1.165) is 24.8 Å². The van der Waals surface area contributed by atoms with Crippen LogP contribution in [0.25, 0.3) is 16.9 Å². The molecule has 0 saturated heterocycles. The molecule has 36 heavy (non-hydrogen) atoms. The molecule has 0 unspecified atom stereocenters. The molecule has 3 aromatic heterocycles. The Kier molecular flexibility index (Phi) is 5.88. The van der Waals surface area contributed by atoms with Crippen molar-refractivity contribution in [3.63, 3.8) is 0 Å². The number of rotatable bonds is 6. The Morgan fingerprint density at radius 2 is 1.89 bits per heavy atom. The van der Waals surface area contributed by atoms with E-state index < -0.39 is 23.5 Å². The summed E-state index contributed by atoms with van der Waals surface area (Å²) >= 11 is 0. The molecule has 10 heteroatoms. The Labute approximate surface area is 208 Å². The van der Waals surface area contributed by atoms with E-state index in [2.05, 4.69) is 26.8 Å². The summed E-state index contributed by atoms with van der Waals surface area (Å²) in [5, 5.41) is 30.5. The number of aliphatic hydroxyl groups is 1. The van der Waals surface area contributed by atoms with Gasteiger partial charge >= 0.3 is 5.97 Å². The van der Waals surface area contributed by atoms with E-state index in [1.54, 1.807) is 17.5 Å². The first kappa shape index (κ1) is 23.8. The fraction of sp³-hybridized carbons (Fsp3) is 0.423. The zero-order chi connectivity index (χ0) is 25.5. The Hall–Kier alpha value is -3.97. The first-order chi connectivity index (χ1) is 17.2. The number of esters is 1. The van der Waals surface area contributed by atoms with Crippen molar-refractivity contribution in [3.05, 3.63) is 47.8 Å². The Morgan fingerprint density at radius 3 is 2.56 bits per heavy atom. The molecule has 0 aliphatic heterocycles. The smallest absolute Gasteiger partial charge is 0.328 e. The van der Waals surface area contributed by atoms with Crippen molar-refractivity contribution in [2.75, 3.05) is 12.4 Å². The summed E-state index contributed by atoms with van der Waals surface area (Å²) in [4.78, 5) is 29.6. The molecule has 1 amide bonds. The van der Waals surface area contributed by atoms with Gasteiger partial charge in [-0.1, -0.05) is 0 Å². The highest BCUT2D eigenvalue weighted by molar-refractivity contribution is 6.01. The summed E-state index contributed by atoms with van der Waals surface area (Å²) in [6, 6.07) is 8.57. The molecule has 10 nitrogen and oxygen atoms in total. The summed E-state index contributed by atoms with van der Waals surface area (Å²) in [6.07, 6.45) is 7.54. The first-order valence-corrected chi connectivity index (χ1v) is 12.0. The van der Waals surface area contributed by atoms with E-state index in [1.165, 1.54) is 19.5 Å². The molecule has 2 bridgehead atoms. The number of carbonyl (C=O) groups is 2. The van der Waals surface area contributed by atoms with Crippen molar-refractivity contribution >= 4 is 23.1 Å². The van der Waals surface area contributed by atoms with Crippen LogP contribution in [0.15, 0.2) is 36.7 Å². The van der Waals surface area contributed by atoms with Crippen LogP contribution in [0.4, 0.5) is 5.69 Å². The van der Waals surface area contributed by atoms with Gasteiger partial charge in [0, 0.05) is 11.7 Å². The quantitative estimate of drug-likeness (QED) is 0.450. The van der Waals surface area contributed by atoms with Crippen LogP contribution < -0.4 is 10.6 Å². The molecule has 3 N–H and O–H groups in total. The number of nitriles is 1. The van der Waals surface area contributed by atoms with Crippen LogP contribution in [0.3, 0.4) is 0 Å². The maximum Gasteiger partial charge on any atom is 0.328 e. The highest BCUT2D eigenvalue weighted by atomic mass is 16.5. The van der Waals surface area contributed by atoms with Gasteiger partial charge < -0.3 is 20.5 Å². The molecular weight excluding hydrogens is 460 g/mol. The zero-order valence-electron chi connectivity index (χ0n) is 20.2. The van der Waals surface area contributed by atoms with Gasteiger partial charge in [-0.3, -0.25) is 9.78 Å². The van der Waals surface area contributed by atoms with Crippen LogP contribution in [0.2, 0.25) is 0 Å². The van der Waals surface area contributed by atoms with E-state index in [1.807, 2.05) is 18.2 Å². The molecule has 0 radical (unpaired) electrons. The minimum Gasteiger partial charge on any atom is -0.467 e. The predicted molar refractivity (Wildman–Crippen MR) is 131 cm³/mol. The number of nitrogens with one attached hydrogen (secondary N) is 2. The molecule has 3 heterocycles. The van der Waals surface area contributed by atoms with Crippen molar-refractivity contribution in [1.82, 2.24) is 19.9 Å². The first-order valence-electron chi connectivity index (χ1n) is 12.0. The highest BCUT2D eigenvalue weighted by Gasteiger charge is 2.48. The molecule has 1 atom stereocenters. The average molecular weight is 489 g/mol. The Balaban J connectivity index is 1.53. The van der Waals surface area contributed by atoms with Crippen LogP contribution in [-0.2, 0) is 9.53 Å². The van der Waals surface area contributed by atoms with Gasteiger partial charge in [0.2, 0.25) is 0 Å². The summed E-state index contributed by atoms with van der Waals surface area (Å²) in [5.41, 5.74) is 2.64. The van der Waals surface area contributed by atoms with Crippen molar-refractivity contribution in [3.8, 4) is 17.5 Å². The van der Waals surface area contributed by atoms with Crippen molar-refractivity contribution < 1.29 is 19.4 Å². The minimum absolute atomic E-state index is 0.229. The standard InChI is InChI=1S/C26H28N6O4/c1-16(24(34)36-2)30-23(33)19-15-28-21(22-4-3-18-11-17(13-27)14-29-32(18)22)12-20(19)31-25-5-8-26(35,9-6-25)10-7-25/h3-4,11-12,14-16,35H,5-10H2,1-2H3,(H,28,31)(H,30,33)/t16-,25?,26?/m0/s1. The SMILES string of the molecule is COC(=O)[C@H](C)NC(=O)c1cnc(-c2ccc3cc(C#N)cnn23)cc1NC12CCC(O)(CC1)CC2. The second-order valence-corrected chi connectivity index (χ2v) is 9.87. The van der Waals surface area contributed by atoms with Gasteiger partial charge in [-0.15, -0.1) is 0 Å².